The van der Waals surface area contributed by atoms with E-state index in [2.05, 4.69) is 0 Å². The number of halogens is 1. The first-order valence-corrected chi connectivity index (χ1v) is 5.26. The molecule has 1 aromatic carbocycles. The number of aliphatic hydroxyl groups excluding tert-OH is 1. The van der Waals surface area contributed by atoms with Crippen LogP contribution in [0.1, 0.15) is 20.8 Å². The minimum absolute atomic E-state index is 0.0169. The summed E-state index contributed by atoms with van der Waals surface area (Å²) in [4.78, 5) is 1.98. The summed E-state index contributed by atoms with van der Waals surface area (Å²) in [6.45, 7) is 6.41. The third kappa shape index (κ3) is 2.93. The third-order valence-electron chi connectivity index (χ3n) is 2.67. The minimum Gasteiger partial charge on any atom is -0.391 e. The van der Waals surface area contributed by atoms with Gasteiger partial charge in [0.1, 0.15) is 5.82 Å². The van der Waals surface area contributed by atoms with Gasteiger partial charge >= 0.3 is 0 Å². The summed E-state index contributed by atoms with van der Waals surface area (Å²) >= 11 is 0. The average Bonchev–Trinajstić information content (AvgIpc) is 2.18. The van der Waals surface area contributed by atoms with Crippen molar-refractivity contribution in [1.82, 2.24) is 0 Å². The molecule has 1 N–H and O–H groups in total. The number of hydrogen-bond donors (Lipinski definition) is 1. The fourth-order valence-corrected chi connectivity index (χ4v) is 1.62. The van der Waals surface area contributed by atoms with Crippen molar-refractivity contribution < 1.29 is 9.50 Å². The maximum atomic E-state index is 13.0. The molecule has 0 aromatic heterocycles. The largest absolute Gasteiger partial charge is 0.391 e. The lowest BCUT2D eigenvalue weighted by Crippen LogP contribution is -2.40. The molecule has 0 aliphatic carbocycles. The lowest BCUT2D eigenvalue weighted by molar-refractivity contribution is 0.166. The van der Waals surface area contributed by atoms with Crippen molar-refractivity contribution >= 4 is 5.69 Å². The highest BCUT2D eigenvalue weighted by atomic mass is 19.1. The first-order chi connectivity index (χ1) is 7.06. The van der Waals surface area contributed by atoms with Crippen molar-refractivity contribution in [3.8, 4) is 0 Å². The number of aliphatic hydroxyl groups is 1. The molecule has 2 unspecified atom stereocenters. The Morgan fingerprint density at radius 2 is 2.07 bits per heavy atom. The predicted octanol–water partition coefficient (Wildman–Crippen LogP) is 2.42. The Morgan fingerprint density at radius 3 is 2.53 bits per heavy atom. The zero-order chi connectivity index (χ0) is 11.4. The monoisotopic (exact) mass is 211 g/mol. The second-order valence-electron chi connectivity index (χ2n) is 3.75. The Kier molecular flexibility index (Phi) is 4.09. The van der Waals surface area contributed by atoms with E-state index in [1.807, 2.05) is 24.8 Å². The quantitative estimate of drug-likeness (QED) is 0.826. The number of likely N-dealkylation sites (N-methyl/N-ethyl adjacent to an activating group) is 1. The molecule has 1 aromatic rings. The van der Waals surface area contributed by atoms with Crippen LogP contribution in [-0.2, 0) is 0 Å². The molecule has 0 radical (unpaired) electrons. The van der Waals surface area contributed by atoms with Crippen molar-refractivity contribution in [2.45, 2.75) is 32.9 Å². The minimum atomic E-state index is -0.437. The highest BCUT2D eigenvalue weighted by molar-refractivity contribution is 5.47. The van der Waals surface area contributed by atoms with Crippen molar-refractivity contribution in [3.05, 3.63) is 30.1 Å². The lowest BCUT2D eigenvalue weighted by atomic mass is 10.1. The van der Waals surface area contributed by atoms with Gasteiger partial charge in [-0.05, 0) is 39.0 Å². The van der Waals surface area contributed by atoms with Crippen LogP contribution < -0.4 is 4.90 Å². The van der Waals surface area contributed by atoms with E-state index in [1.54, 1.807) is 13.0 Å². The van der Waals surface area contributed by atoms with Gasteiger partial charge in [0.25, 0.3) is 0 Å². The van der Waals surface area contributed by atoms with Crippen LogP contribution >= 0.6 is 0 Å². The van der Waals surface area contributed by atoms with E-state index in [9.17, 15) is 9.50 Å². The number of rotatable bonds is 4. The predicted molar refractivity (Wildman–Crippen MR) is 60.6 cm³/mol. The maximum Gasteiger partial charge on any atom is 0.125 e. The molecule has 0 aliphatic heterocycles. The first kappa shape index (κ1) is 12.0. The molecule has 0 fully saturated rings. The fraction of sp³-hybridized carbons (Fsp3) is 0.500. The van der Waals surface area contributed by atoms with Gasteiger partial charge in [-0.3, -0.25) is 0 Å². The van der Waals surface area contributed by atoms with Crippen molar-refractivity contribution in [1.29, 1.82) is 0 Å². The Balaban J connectivity index is 2.92. The summed E-state index contributed by atoms with van der Waals surface area (Å²) in [6.07, 6.45) is -0.437. The van der Waals surface area contributed by atoms with E-state index >= 15 is 0 Å². The first-order valence-electron chi connectivity index (χ1n) is 5.26. The van der Waals surface area contributed by atoms with E-state index in [1.165, 1.54) is 12.1 Å². The molecule has 3 heteroatoms. The van der Waals surface area contributed by atoms with E-state index in [-0.39, 0.29) is 11.9 Å². The summed E-state index contributed by atoms with van der Waals surface area (Å²) in [7, 11) is 0. The normalized spacial score (nSPS) is 14.7. The molecule has 0 spiro atoms. The number of hydrogen-bond acceptors (Lipinski definition) is 2. The zero-order valence-corrected chi connectivity index (χ0v) is 9.44. The van der Waals surface area contributed by atoms with Gasteiger partial charge in [0.2, 0.25) is 0 Å². The van der Waals surface area contributed by atoms with Crippen LogP contribution in [0.4, 0.5) is 10.1 Å². The van der Waals surface area contributed by atoms with Crippen molar-refractivity contribution in [2.24, 2.45) is 0 Å². The molecule has 2 atom stereocenters. The second kappa shape index (κ2) is 5.12. The van der Waals surface area contributed by atoms with Crippen LogP contribution in [0.3, 0.4) is 0 Å². The van der Waals surface area contributed by atoms with E-state index in [0.717, 1.165) is 12.2 Å². The zero-order valence-electron chi connectivity index (χ0n) is 9.44. The Morgan fingerprint density at radius 1 is 1.40 bits per heavy atom. The average molecular weight is 211 g/mol. The van der Waals surface area contributed by atoms with Gasteiger partial charge in [-0.1, -0.05) is 6.07 Å². The van der Waals surface area contributed by atoms with Crippen LogP contribution in [0, 0.1) is 5.82 Å². The molecule has 2 nitrogen and oxygen atoms in total. The van der Waals surface area contributed by atoms with Crippen LogP contribution in [0.25, 0.3) is 0 Å². The SMILES string of the molecule is CCN(c1cccc(F)c1)C(C)C(C)O. The summed E-state index contributed by atoms with van der Waals surface area (Å²) in [5.41, 5.74) is 0.811. The Hall–Kier alpha value is -1.09. The molecule has 0 amide bonds. The molecule has 15 heavy (non-hydrogen) atoms. The molecule has 0 aliphatic rings. The van der Waals surface area contributed by atoms with Gasteiger partial charge in [-0.25, -0.2) is 4.39 Å². The lowest BCUT2D eigenvalue weighted by Gasteiger charge is -2.32. The summed E-state index contributed by atoms with van der Waals surface area (Å²) in [5.74, 6) is -0.247. The van der Waals surface area contributed by atoms with Crippen LogP contribution in [-0.4, -0.2) is 23.8 Å². The summed E-state index contributed by atoms with van der Waals surface area (Å²) < 4.78 is 13.0. The number of anilines is 1. The molecule has 0 saturated heterocycles. The van der Waals surface area contributed by atoms with Gasteiger partial charge < -0.3 is 10.0 Å². The van der Waals surface area contributed by atoms with Gasteiger partial charge in [0, 0.05) is 12.2 Å². The van der Waals surface area contributed by atoms with E-state index < -0.39 is 6.10 Å². The molecular weight excluding hydrogens is 193 g/mol. The van der Waals surface area contributed by atoms with Crippen LogP contribution in [0.15, 0.2) is 24.3 Å². The van der Waals surface area contributed by atoms with Gasteiger partial charge in [-0.15, -0.1) is 0 Å². The third-order valence-corrected chi connectivity index (χ3v) is 2.67. The topological polar surface area (TPSA) is 23.5 Å². The van der Waals surface area contributed by atoms with Crippen molar-refractivity contribution in [3.63, 3.8) is 0 Å². The Labute approximate surface area is 90.3 Å². The number of nitrogens with zero attached hydrogens (tertiary/aromatic N) is 1. The van der Waals surface area contributed by atoms with E-state index in [0.29, 0.717) is 0 Å². The molecule has 1 rings (SSSR count). The highest BCUT2D eigenvalue weighted by Gasteiger charge is 2.17. The smallest absolute Gasteiger partial charge is 0.125 e. The number of benzene rings is 1. The highest BCUT2D eigenvalue weighted by Crippen LogP contribution is 2.19. The van der Waals surface area contributed by atoms with Gasteiger partial charge in [-0.2, -0.15) is 0 Å². The fourth-order valence-electron chi connectivity index (χ4n) is 1.62. The van der Waals surface area contributed by atoms with E-state index in [4.69, 9.17) is 0 Å². The second-order valence-corrected chi connectivity index (χ2v) is 3.75. The van der Waals surface area contributed by atoms with Gasteiger partial charge in [0.05, 0.1) is 12.1 Å². The standard InChI is InChI=1S/C12H18FNO/c1-4-14(9(2)10(3)15)12-7-5-6-11(13)8-12/h5-10,15H,4H2,1-3H3. The molecule has 0 heterocycles. The molecule has 0 saturated carbocycles. The maximum absolute atomic E-state index is 13.0. The van der Waals surface area contributed by atoms with Crippen LogP contribution in [0.2, 0.25) is 0 Å². The van der Waals surface area contributed by atoms with Crippen molar-refractivity contribution in [2.75, 3.05) is 11.4 Å². The molecule has 84 valence electrons. The van der Waals surface area contributed by atoms with Crippen LogP contribution in [0.5, 0.6) is 0 Å². The summed E-state index contributed by atoms with van der Waals surface area (Å²) in [6, 6.07) is 6.43. The van der Waals surface area contributed by atoms with Gasteiger partial charge in [0.15, 0.2) is 0 Å². The summed E-state index contributed by atoms with van der Waals surface area (Å²) in [5, 5.41) is 9.52. The molecule has 0 bridgehead atoms. The molecular formula is C12H18FNO. The Bertz CT molecular complexity index is 314.